The molecule has 0 saturated heterocycles. The Kier molecular flexibility index (Phi) is 6.12. The Bertz CT molecular complexity index is 926. The van der Waals surface area contributed by atoms with Crippen molar-refractivity contribution in [1.82, 2.24) is 9.97 Å². The van der Waals surface area contributed by atoms with Crippen LogP contribution in [0.15, 0.2) is 35.4 Å². The van der Waals surface area contributed by atoms with E-state index in [1.165, 1.54) is 24.3 Å². The van der Waals surface area contributed by atoms with Gasteiger partial charge in [-0.3, -0.25) is 0 Å². The molecule has 0 saturated carbocycles. The van der Waals surface area contributed by atoms with Gasteiger partial charge < -0.3 is 10.1 Å². The van der Waals surface area contributed by atoms with Crippen LogP contribution in [0.1, 0.15) is 18.9 Å². The summed E-state index contributed by atoms with van der Waals surface area (Å²) in [6, 6.07) is 5.33. The molecule has 0 aliphatic heterocycles. The lowest BCUT2D eigenvalue weighted by atomic mass is 10.3. The van der Waals surface area contributed by atoms with Crippen LogP contribution >= 0.6 is 0 Å². The quantitative estimate of drug-likeness (QED) is 0.674. The first-order valence-corrected chi connectivity index (χ1v) is 9.67. The molecule has 0 aliphatic carbocycles. The molecule has 1 heterocycles. The first kappa shape index (κ1) is 21.8. The Morgan fingerprint density at radius 2 is 1.71 bits per heavy atom. The summed E-state index contributed by atoms with van der Waals surface area (Å²) in [7, 11) is -3.41. The van der Waals surface area contributed by atoms with Gasteiger partial charge in [-0.05, 0) is 31.2 Å². The maximum Gasteiger partial charge on any atom is 0.423 e. The molecule has 0 unspecified atom stereocenters. The van der Waals surface area contributed by atoms with E-state index < -0.39 is 46.4 Å². The maximum atomic E-state index is 13.0. The van der Waals surface area contributed by atoms with Crippen LogP contribution in [0.3, 0.4) is 0 Å². The molecule has 0 fully saturated rings. The average molecular weight is 425 g/mol. The summed E-state index contributed by atoms with van der Waals surface area (Å²) in [5.74, 6) is -4.27. The van der Waals surface area contributed by atoms with Crippen molar-refractivity contribution in [2.45, 2.75) is 30.3 Å². The highest BCUT2D eigenvalue weighted by Gasteiger charge is 2.36. The van der Waals surface area contributed by atoms with Crippen LogP contribution in [0.25, 0.3) is 0 Å². The molecule has 0 bridgehead atoms. The molecule has 2 aromatic rings. The Labute approximate surface area is 157 Å². The highest BCUT2D eigenvalue weighted by molar-refractivity contribution is 7.90. The molecule has 1 aromatic carbocycles. The number of nitrogens with zero attached hydrogens (tertiary/aromatic N) is 2. The fourth-order valence-electron chi connectivity index (χ4n) is 1.97. The van der Waals surface area contributed by atoms with Gasteiger partial charge in [0, 0.05) is 24.6 Å². The second kappa shape index (κ2) is 7.86. The first-order valence-electron chi connectivity index (χ1n) is 7.78. The van der Waals surface area contributed by atoms with Gasteiger partial charge >= 0.3 is 6.18 Å². The van der Waals surface area contributed by atoms with Gasteiger partial charge in [-0.2, -0.15) is 18.2 Å². The van der Waals surface area contributed by atoms with Crippen molar-refractivity contribution in [2.24, 2.45) is 0 Å². The number of sulfone groups is 1. The third-order valence-corrected chi connectivity index (χ3v) is 4.51. The molecule has 154 valence electrons. The third-order valence-electron chi connectivity index (χ3n) is 3.38. The molecule has 12 heteroatoms. The van der Waals surface area contributed by atoms with E-state index in [4.69, 9.17) is 4.74 Å². The largest absolute Gasteiger partial charge is 0.477 e. The molecular weight excluding hydrogens is 409 g/mol. The molecule has 0 radical (unpaired) electrons. The molecular formula is C16H16F5N3O3S. The third kappa shape index (κ3) is 6.29. The zero-order valence-corrected chi connectivity index (χ0v) is 15.5. The smallest absolute Gasteiger partial charge is 0.423 e. The second-order valence-electron chi connectivity index (χ2n) is 6.00. The van der Waals surface area contributed by atoms with Crippen LogP contribution in [0.4, 0.5) is 33.6 Å². The van der Waals surface area contributed by atoms with Gasteiger partial charge in [0.05, 0.1) is 11.5 Å². The van der Waals surface area contributed by atoms with E-state index in [1.54, 1.807) is 0 Å². The fourth-order valence-corrected chi connectivity index (χ4v) is 2.60. The number of ether oxygens (including phenoxy) is 1. The minimum Gasteiger partial charge on any atom is -0.477 e. The SMILES string of the molecule is CC(F)(F)CCOc1nc(Nc2ccc(S(C)(=O)=O)cc2)ncc1C(F)(F)F. The zero-order chi connectivity index (χ0) is 21.2. The number of hydrogen-bond acceptors (Lipinski definition) is 6. The van der Waals surface area contributed by atoms with Crippen LogP contribution in [0, 0.1) is 0 Å². The van der Waals surface area contributed by atoms with Crippen molar-refractivity contribution >= 4 is 21.5 Å². The lowest BCUT2D eigenvalue weighted by Gasteiger charge is -2.15. The highest BCUT2D eigenvalue weighted by Crippen LogP contribution is 2.35. The Hall–Kier alpha value is -2.50. The van der Waals surface area contributed by atoms with Crippen molar-refractivity contribution in [3.05, 3.63) is 36.0 Å². The molecule has 0 aliphatic rings. The predicted octanol–water partition coefficient (Wildman–Crippen LogP) is 4.07. The van der Waals surface area contributed by atoms with E-state index in [2.05, 4.69) is 15.3 Å². The molecule has 28 heavy (non-hydrogen) atoms. The highest BCUT2D eigenvalue weighted by atomic mass is 32.2. The van der Waals surface area contributed by atoms with Crippen LogP contribution < -0.4 is 10.1 Å². The van der Waals surface area contributed by atoms with Gasteiger partial charge in [0.1, 0.15) is 5.56 Å². The summed E-state index contributed by atoms with van der Waals surface area (Å²) in [5.41, 5.74) is -0.997. The number of benzene rings is 1. The summed E-state index contributed by atoms with van der Waals surface area (Å²) in [6.45, 7) is -0.0553. The Balaban J connectivity index is 2.24. The summed E-state index contributed by atoms with van der Waals surface area (Å²) in [5, 5.41) is 2.60. The van der Waals surface area contributed by atoms with E-state index >= 15 is 0 Å². The molecule has 0 spiro atoms. The standard InChI is InChI=1S/C16H16F5N3O3S/c1-15(17,18)7-8-27-13-12(16(19,20)21)9-22-14(24-13)23-10-3-5-11(6-4-10)28(2,25)26/h3-6,9H,7-8H2,1-2H3,(H,22,23,24). The minimum atomic E-state index is -4.83. The van der Waals surface area contributed by atoms with E-state index in [-0.39, 0.29) is 10.8 Å². The Morgan fingerprint density at radius 1 is 1.11 bits per heavy atom. The van der Waals surface area contributed by atoms with Crippen molar-refractivity contribution in [2.75, 3.05) is 18.2 Å². The van der Waals surface area contributed by atoms with E-state index in [0.29, 0.717) is 18.8 Å². The van der Waals surface area contributed by atoms with Crippen LogP contribution in [-0.4, -0.2) is 37.2 Å². The number of halogens is 5. The van der Waals surface area contributed by atoms with Gasteiger partial charge in [0.15, 0.2) is 9.84 Å². The van der Waals surface area contributed by atoms with E-state index in [1.807, 2.05) is 0 Å². The number of alkyl halides is 5. The molecule has 1 N–H and O–H groups in total. The second-order valence-corrected chi connectivity index (χ2v) is 8.02. The van der Waals surface area contributed by atoms with Gasteiger partial charge in [-0.15, -0.1) is 0 Å². The molecule has 1 aromatic heterocycles. The van der Waals surface area contributed by atoms with Crippen molar-refractivity contribution < 1.29 is 35.1 Å². The van der Waals surface area contributed by atoms with Gasteiger partial charge in [0.25, 0.3) is 0 Å². The summed E-state index contributed by atoms with van der Waals surface area (Å²) >= 11 is 0. The minimum absolute atomic E-state index is 0.0518. The Morgan fingerprint density at radius 3 is 2.21 bits per heavy atom. The number of nitrogens with one attached hydrogen (secondary N) is 1. The van der Waals surface area contributed by atoms with Gasteiger partial charge in [-0.25, -0.2) is 22.2 Å². The van der Waals surface area contributed by atoms with Crippen LogP contribution in [-0.2, 0) is 16.0 Å². The number of hydrogen-bond donors (Lipinski definition) is 1. The lowest BCUT2D eigenvalue weighted by Crippen LogP contribution is -2.17. The molecule has 0 atom stereocenters. The normalized spacial score (nSPS) is 12.7. The summed E-state index contributed by atoms with van der Waals surface area (Å²) < 4.78 is 92.5. The lowest BCUT2D eigenvalue weighted by molar-refractivity contribution is -0.139. The zero-order valence-electron chi connectivity index (χ0n) is 14.7. The van der Waals surface area contributed by atoms with Gasteiger partial charge in [-0.1, -0.05) is 0 Å². The molecule has 2 rings (SSSR count). The number of anilines is 2. The summed E-state index contributed by atoms with van der Waals surface area (Å²) in [6.07, 6.45) is -4.12. The maximum absolute atomic E-state index is 13.0. The first-order chi connectivity index (χ1) is 12.8. The summed E-state index contributed by atoms with van der Waals surface area (Å²) in [4.78, 5) is 7.19. The van der Waals surface area contributed by atoms with Gasteiger partial charge in [0.2, 0.25) is 17.8 Å². The predicted molar refractivity (Wildman–Crippen MR) is 90.6 cm³/mol. The molecule has 6 nitrogen and oxygen atoms in total. The van der Waals surface area contributed by atoms with E-state index in [0.717, 1.165) is 6.26 Å². The average Bonchev–Trinajstić information content (AvgIpc) is 2.52. The molecule has 0 amide bonds. The van der Waals surface area contributed by atoms with Crippen molar-refractivity contribution in [3.63, 3.8) is 0 Å². The number of rotatable bonds is 7. The van der Waals surface area contributed by atoms with Crippen molar-refractivity contribution in [3.8, 4) is 5.88 Å². The van der Waals surface area contributed by atoms with Crippen LogP contribution in [0.5, 0.6) is 5.88 Å². The fraction of sp³-hybridized carbons (Fsp3) is 0.375. The number of aromatic nitrogens is 2. The van der Waals surface area contributed by atoms with Crippen LogP contribution in [0.2, 0.25) is 0 Å². The van der Waals surface area contributed by atoms with E-state index in [9.17, 15) is 30.4 Å². The van der Waals surface area contributed by atoms with Crippen molar-refractivity contribution in [1.29, 1.82) is 0 Å². The topological polar surface area (TPSA) is 81.2 Å². The monoisotopic (exact) mass is 425 g/mol.